The van der Waals surface area contributed by atoms with E-state index in [0.29, 0.717) is 0 Å². The van der Waals surface area contributed by atoms with E-state index in [2.05, 4.69) is 49.1 Å². The van der Waals surface area contributed by atoms with Crippen LogP contribution in [0.25, 0.3) is 0 Å². The number of allylic oxidation sites excluding steroid dienone is 11. The molecule has 0 unspecified atom stereocenters. The van der Waals surface area contributed by atoms with E-state index < -0.39 is 0 Å². The Hall–Kier alpha value is -1.56. The van der Waals surface area contributed by atoms with E-state index in [4.69, 9.17) is 0 Å². The van der Waals surface area contributed by atoms with Crippen molar-refractivity contribution in [3.63, 3.8) is 0 Å². The Bertz CT molecular complexity index is 384. The molecule has 0 radical (unpaired) electrons. The quantitative estimate of drug-likeness (QED) is 0.621. The summed E-state index contributed by atoms with van der Waals surface area (Å²) in [4.78, 5) is 0. The summed E-state index contributed by atoms with van der Waals surface area (Å²) in [7, 11) is 0. The fraction of sp³-hybridized carbons (Fsp3) is 0.143. The van der Waals surface area contributed by atoms with Gasteiger partial charge < -0.3 is 0 Å². The highest BCUT2D eigenvalue weighted by atomic mass is 14.1. The van der Waals surface area contributed by atoms with Crippen LogP contribution >= 0.6 is 0 Å². The minimum atomic E-state index is 1.03. The van der Waals surface area contributed by atoms with Gasteiger partial charge in [-0.15, -0.1) is 0 Å². The Morgan fingerprint density at radius 2 is 2.14 bits per heavy atom. The molecule has 0 saturated carbocycles. The van der Waals surface area contributed by atoms with Crippen LogP contribution in [0.5, 0.6) is 0 Å². The first kappa shape index (κ1) is 9.01. The van der Waals surface area contributed by atoms with Gasteiger partial charge in [0.25, 0.3) is 0 Å². The highest BCUT2D eigenvalue weighted by Crippen LogP contribution is 2.20. The predicted octanol–water partition coefficient (Wildman–Crippen LogP) is 3.87. The maximum atomic E-state index is 3.76. The molecule has 2 rings (SSSR count). The lowest BCUT2D eigenvalue weighted by molar-refractivity contribution is 1.24. The molecule has 0 saturated heterocycles. The second-order valence-corrected chi connectivity index (χ2v) is 3.54. The number of hydrogen-bond donors (Lipinski definition) is 0. The molecule has 0 aromatic rings. The molecule has 2 aliphatic rings. The maximum absolute atomic E-state index is 3.76. The van der Waals surface area contributed by atoms with Crippen LogP contribution in [-0.2, 0) is 0 Å². The standard InChI is InChI=1S/C14H14/c1-2-12-5-3-7-14(11-12)8-4-6-13-9-10-13/h2-6,8-9,11H,1,7,10H2/b6-4-,14-8-. The number of hydrogen-bond acceptors (Lipinski definition) is 0. The van der Waals surface area contributed by atoms with Crippen molar-refractivity contribution in [1.29, 1.82) is 0 Å². The third-order valence-electron chi connectivity index (χ3n) is 2.31. The first-order chi connectivity index (χ1) is 6.88. The van der Waals surface area contributed by atoms with Gasteiger partial charge >= 0.3 is 0 Å². The normalized spacial score (nSPS) is 22.4. The molecular formula is C14H14. The van der Waals surface area contributed by atoms with Crippen molar-refractivity contribution in [2.45, 2.75) is 12.8 Å². The van der Waals surface area contributed by atoms with Crippen molar-refractivity contribution < 1.29 is 0 Å². The summed E-state index contributed by atoms with van der Waals surface area (Å²) in [6.07, 6.45) is 19.2. The van der Waals surface area contributed by atoms with Gasteiger partial charge in [0.1, 0.15) is 0 Å². The third kappa shape index (κ3) is 2.46. The van der Waals surface area contributed by atoms with Gasteiger partial charge in [-0.25, -0.2) is 0 Å². The summed E-state index contributed by atoms with van der Waals surface area (Å²) in [6, 6.07) is 0. The van der Waals surface area contributed by atoms with Crippen molar-refractivity contribution in [3.05, 3.63) is 71.9 Å². The monoisotopic (exact) mass is 182 g/mol. The van der Waals surface area contributed by atoms with Crippen molar-refractivity contribution in [3.8, 4) is 0 Å². The lowest BCUT2D eigenvalue weighted by atomic mass is 10.0. The molecule has 14 heavy (non-hydrogen) atoms. The second kappa shape index (κ2) is 4.10. The Balaban J connectivity index is 2.03. The van der Waals surface area contributed by atoms with Crippen molar-refractivity contribution >= 4 is 0 Å². The molecule has 0 aromatic heterocycles. The highest BCUT2D eigenvalue weighted by molar-refractivity contribution is 5.44. The Morgan fingerprint density at radius 1 is 1.29 bits per heavy atom. The summed E-state index contributed by atoms with van der Waals surface area (Å²) in [5.41, 5.74) is 3.99. The summed E-state index contributed by atoms with van der Waals surface area (Å²) in [6.45, 7) is 3.76. The van der Waals surface area contributed by atoms with E-state index in [9.17, 15) is 0 Å². The van der Waals surface area contributed by atoms with Crippen LogP contribution in [0.15, 0.2) is 71.9 Å². The lowest BCUT2D eigenvalue weighted by Gasteiger charge is -2.04. The van der Waals surface area contributed by atoms with Crippen molar-refractivity contribution in [1.82, 2.24) is 0 Å². The molecule has 0 heteroatoms. The van der Waals surface area contributed by atoms with E-state index in [0.717, 1.165) is 6.42 Å². The van der Waals surface area contributed by atoms with E-state index >= 15 is 0 Å². The van der Waals surface area contributed by atoms with Gasteiger partial charge in [-0.2, -0.15) is 0 Å². The van der Waals surface area contributed by atoms with Crippen molar-refractivity contribution in [2.75, 3.05) is 0 Å². The molecule has 0 aliphatic heterocycles. The van der Waals surface area contributed by atoms with Crippen LogP contribution in [0, 0.1) is 0 Å². The fourth-order valence-electron chi connectivity index (χ4n) is 1.39. The van der Waals surface area contributed by atoms with E-state index in [1.807, 2.05) is 6.08 Å². The summed E-state index contributed by atoms with van der Waals surface area (Å²) in [5.74, 6) is 0. The molecule has 0 nitrogen and oxygen atoms in total. The topological polar surface area (TPSA) is 0 Å². The largest absolute Gasteiger partial charge is 0.0985 e. The molecule has 0 aromatic carbocycles. The fourth-order valence-corrected chi connectivity index (χ4v) is 1.39. The second-order valence-electron chi connectivity index (χ2n) is 3.54. The molecule has 2 aliphatic carbocycles. The van der Waals surface area contributed by atoms with Gasteiger partial charge in [-0.05, 0) is 29.6 Å². The first-order valence-electron chi connectivity index (χ1n) is 4.95. The van der Waals surface area contributed by atoms with Gasteiger partial charge in [0, 0.05) is 0 Å². The van der Waals surface area contributed by atoms with Gasteiger partial charge in [0.05, 0.1) is 0 Å². The minimum Gasteiger partial charge on any atom is -0.0985 e. The Kier molecular flexibility index (Phi) is 2.64. The molecule has 0 atom stereocenters. The van der Waals surface area contributed by atoms with Crippen LogP contribution in [0.1, 0.15) is 12.8 Å². The zero-order valence-corrected chi connectivity index (χ0v) is 8.24. The summed E-state index contributed by atoms with van der Waals surface area (Å²) < 4.78 is 0. The SMILES string of the molecule is C=CC1=C/C(=C\C=C/C2=CC2)CC=C1. The average Bonchev–Trinajstić information content (AvgIpc) is 3.02. The van der Waals surface area contributed by atoms with Gasteiger partial charge in [0.2, 0.25) is 0 Å². The first-order valence-corrected chi connectivity index (χ1v) is 4.95. The average molecular weight is 182 g/mol. The van der Waals surface area contributed by atoms with Crippen LogP contribution < -0.4 is 0 Å². The lowest BCUT2D eigenvalue weighted by Crippen LogP contribution is -1.84. The third-order valence-corrected chi connectivity index (χ3v) is 2.31. The molecule has 70 valence electrons. The van der Waals surface area contributed by atoms with E-state index in [1.54, 1.807) is 0 Å². The molecule has 0 bridgehead atoms. The minimum absolute atomic E-state index is 1.03. The molecule has 0 spiro atoms. The van der Waals surface area contributed by atoms with Gasteiger partial charge in [0.15, 0.2) is 0 Å². The molecule has 0 fully saturated rings. The Labute approximate surface area is 85.3 Å². The van der Waals surface area contributed by atoms with Crippen LogP contribution in [-0.4, -0.2) is 0 Å². The Morgan fingerprint density at radius 3 is 2.86 bits per heavy atom. The van der Waals surface area contributed by atoms with Crippen molar-refractivity contribution in [2.24, 2.45) is 0 Å². The van der Waals surface area contributed by atoms with Gasteiger partial charge in [-0.1, -0.05) is 55.2 Å². The zero-order valence-electron chi connectivity index (χ0n) is 8.24. The van der Waals surface area contributed by atoms with Crippen LogP contribution in [0.3, 0.4) is 0 Å². The molecule has 0 amide bonds. The zero-order chi connectivity index (χ0) is 9.80. The van der Waals surface area contributed by atoms with E-state index in [1.165, 1.54) is 23.1 Å². The molecule has 0 N–H and O–H groups in total. The smallest absolute Gasteiger partial charge is 0.00939 e. The predicted molar refractivity (Wildman–Crippen MR) is 62.0 cm³/mol. The molecule has 0 heterocycles. The van der Waals surface area contributed by atoms with Crippen LogP contribution in [0.2, 0.25) is 0 Å². The van der Waals surface area contributed by atoms with E-state index in [-0.39, 0.29) is 0 Å². The number of rotatable bonds is 3. The molecular weight excluding hydrogens is 168 g/mol. The summed E-state index contributed by atoms with van der Waals surface area (Å²) in [5, 5.41) is 0. The summed E-state index contributed by atoms with van der Waals surface area (Å²) >= 11 is 0. The van der Waals surface area contributed by atoms with Gasteiger partial charge in [-0.3, -0.25) is 0 Å². The highest BCUT2D eigenvalue weighted by Gasteiger charge is 2.00. The maximum Gasteiger partial charge on any atom is -0.00939 e. The van der Waals surface area contributed by atoms with Crippen LogP contribution in [0.4, 0.5) is 0 Å².